The van der Waals surface area contributed by atoms with Gasteiger partial charge in [0.15, 0.2) is 0 Å². The molecule has 168 valence electrons. The van der Waals surface area contributed by atoms with E-state index in [0.29, 0.717) is 46.9 Å². The van der Waals surface area contributed by atoms with E-state index in [4.69, 9.17) is 9.40 Å². The van der Waals surface area contributed by atoms with Gasteiger partial charge in [0.1, 0.15) is 5.76 Å². The number of aryl methyl sites for hydroxylation is 1. The van der Waals surface area contributed by atoms with Gasteiger partial charge in [-0.2, -0.15) is 4.31 Å². The first kappa shape index (κ1) is 22.5. The fourth-order valence-corrected chi connectivity index (χ4v) is 4.29. The van der Waals surface area contributed by atoms with Crippen LogP contribution >= 0.6 is 0 Å². The second kappa shape index (κ2) is 9.42. The Morgan fingerprint density at radius 3 is 2.62 bits per heavy atom. The second-order valence-electron chi connectivity index (χ2n) is 8.06. The van der Waals surface area contributed by atoms with Gasteiger partial charge in [0.25, 0.3) is 5.91 Å². The van der Waals surface area contributed by atoms with Crippen LogP contribution in [0.5, 0.6) is 0 Å². The Hall–Kier alpha value is -2.71. The molecule has 1 fully saturated rings. The molecule has 8 heteroatoms. The van der Waals surface area contributed by atoms with Crippen LogP contribution < -0.4 is 5.32 Å². The smallest absolute Gasteiger partial charge is 0.255 e. The molecular weight excluding hydrogens is 426 g/mol. The first-order chi connectivity index (χ1) is 15.4. The highest BCUT2D eigenvalue weighted by atomic mass is 32.2. The van der Waals surface area contributed by atoms with Crippen molar-refractivity contribution in [3.8, 4) is 11.3 Å². The van der Waals surface area contributed by atoms with Crippen LogP contribution in [-0.2, 0) is 17.4 Å². The molecule has 0 spiro atoms. The molecule has 1 aliphatic rings. The summed E-state index contributed by atoms with van der Waals surface area (Å²) >= 11 is 0. The van der Waals surface area contributed by atoms with Gasteiger partial charge in [-0.05, 0) is 43.7 Å². The number of nitrogens with zero attached hydrogens (tertiary/aromatic N) is 2. The maximum Gasteiger partial charge on any atom is 0.255 e. The van der Waals surface area contributed by atoms with E-state index in [1.807, 2.05) is 37.3 Å². The van der Waals surface area contributed by atoms with Crippen LogP contribution in [0.2, 0.25) is 0 Å². The first-order valence-electron chi connectivity index (χ1n) is 10.7. The molecule has 1 N–H and O–H groups in total. The van der Waals surface area contributed by atoms with Crippen molar-refractivity contribution in [2.75, 3.05) is 7.05 Å². The fraction of sp³-hybridized carbons (Fsp3) is 0.333. The molecule has 0 bridgehead atoms. The normalized spacial score (nSPS) is 13.9. The molecule has 1 aliphatic carbocycles. The predicted molar refractivity (Wildman–Crippen MR) is 124 cm³/mol. The molecule has 2 aromatic heterocycles. The van der Waals surface area contributed by atoms with E-state index >= 15 is 0 Å². The lowest BCUT2D eigenvalue weighted by Gasteiger charge is -2.16. The number of aromatic nitrogens is 1. The topological polar surface area (TPSA) is 92.5 Å². The minimum Gasteiger partial charge on any atom is -0.437 e. The van der Waals surface area contributed by atoms with E-state index < -0.39 is 10.9 Å². The average molecular weight is 454 g/mol. The van der Waals surface area contributed by atoms with Crippen molar-refractivity contribution in [1.82, 2.24) is 14.6 Å². The lowest BCUT2D eigenvalue weighted by atomic mass is 10.0. The van der Waals surface area contributed by atoms with E-state index in [1.165, 1.54) is 4.31 Å². The quantitative estimate of drug-likeness (QED) is 0.475. The zero-order valence-electron chi connectivity index (χ0n) is 18.3. The molecule has 0 unspecified atom stereocenters. The molecule has 0 aliphatic heterocycles. The number of carbonyl (C=O) groups is 1. The third-order valence-electron chi connectivity index (χ3n) is 5.65. The van der Waals surface area contributed by atoms with Crippen molar-refractivity contribution in [2.24, 2.45) is 0 Å². The fourth-order valence-electron chi connectivity index (χ4n) is 3.79. The largest absolute Gasteiger partial charge is 0.437 e. The summed E-state index contributed by atoms with van der Waals surface area (Å²) in [5, 5.41) is 3.35. The molecule has 3 aromatic rings. The van der Waals surface area contributed by atoms with Crippen LogP contribution in [0.4, 0.5) is 0 Å². The van der Waals surface area contributed by atoms with Crippen molar-refractivity contribution in [3.05, 3.63) is 66.2 Å². The first-order valence-corrected chi connectivity index (χ1v) is 11.8. The summed E-state index contributed by atoms with van der Waals surface area (Å²) in [7, 11) is -1.20. The summed E-state index contributed by atoms with van der Waals surface area (Å²) in [5.74, 6) is 0.529. The lowest BCUT2D eigenvalue weighted by Crippen LogP contribution is -2.20. The minimum absolute atomic E-state index is 0.135. The van der Waals surface area contributed by atoms with Crippen molar-refractivity contribution in [2.45, 2.75) is 45.1 Å². The Labute approximate surface area is 189 Å². The van der Waals surface area contributed by atoms with Gasteiger partial charge >= 0.3 is 0 Å². The minimum atomic E-state index is -2.79. The van der Waals surface area contributed by atoms with Gasteiger partial charge in [-0.1, -0.05) is 43.2 Å². The predicted octanol–water partition coefficient (Wildman–Crippen LogP) is 4.14. The van der Waals surface area contributed by atoms with E-state index in [2.05, 4.69) is 12.2 Å². The van der Waals surface area contributed by atoms with E-state index in [9.17, 15) is 13.2 Å². The third kappa shape index (κ3) is 4.56. The second-order valence-corrected chi connectivity index (χ2v) is 9.05. The van der Waals surface area contributed by atoms with Crippen LogP contribution in [-0.4, -0.2) is 30.7 Å². The number of amides is 1. The van der Waals surface area contributed by atoms with Crippen molar-refractivity contribution < 1.29 is 17.6 Å². The molecule has 0 atom stereocenters. The van der Waals surface area contributed by atoms with Crippen LogP contribution in [0, 0.1) is 20.4 Å². The number of furan rings is 1. The zero-order chi connectivity index (χ0) is 22.8. The Bertz CT molecular complexity index is 1200. The van der Waals surface area contributed by atoms with Crippen LogP contribution in [0.15, 0.2) is 34.7 Å². The highest BCUT2D eigenvalue weighted by Gasteiger charge is 2.31. The molecule has 1 saturated carbocycles. The Balaban J connectivity index is 1.86. The van der Waals surface area contributed by atoms with Gasteiger partial charge in [-0.25, -0.2) is 13.4 Å². The van der Waals surface area contributed by atoms with Crippen molar-refractivity contribution >= 4 is 27.9 Å². The van der Waals surface area contributed by atoms with Gasteiger partial charge in [0.2, 0.25) is 16.6 Å². The van der Waals surface area contributed by atoms with Gasteiger partial charge < -0.3 is 9.73 Å². The number of rotatable bonds is 9. The van der Waals surface area contributed by atoms with E-state index in [-0.39, 0.29) is 12.5 Å². The number of hydrogen-bond acceptors (Lipinski definition) is 5. The lowest BCUT2D eigenvalue weighted by molar-refractivity contribution is 0.0964. The summed E-state index contributed by atoms with van der Waals surface area (Å²) in [4.78, 5) is 17.5. The molecular formula is C24H27N3O4S. The van der Waals surface area contributed by atoms with Gasteiger partial charge in [0.05, 0.1) is 23.2 Å². The standard InChI is InChI=1S/C24H27N3O4S/c1-4-5-12-27(32(29)30)14-20-18(16-10-11-16)13-19-21(23(28)25-3)22(31-24(19)26-20)17-8-6-15(2)7-9-17/h6-9,12-13,16,32H,1,4-5,10-11,14H2,2-3H3,(H,25,28). The number of carbonyl (C=O) groups excluding carboxylic acids is 1. The van der Waals surface area contributed by atoms with Crippen LogP contribution in [0.3, 0.4) is 0 Å². The summed E-state index contributed by atoms with van der Waals surface area (Å²) in [6.07, 6.45) is 3.20. The molecule has 2 heterocycles. The third-order valence-corrected chi connectivity index (χ3v) is 6.37. The SMILES string of the molecule is [CH2]CC[CH]N(Cc1nc2oc(-c3ccc(C)cc3)c(C(=O)NC)c2cc1C1CC1)[SH](=O)=O. The summed E-state index contributed by atoms with van der Waals surface area (Å²) in [6, 6.07) is 9.72. The number of nitrogens with one attached hydrogen (secondary N) is 1. The summed E-state index contributed by atoms with van der Waals surface area (Å²) < 4.78 is 30.9. The molecule has 4 rings (SSSR count). The molecule has 7 nitrogen and oxygen atoms in total. The van der Waals surface area contributed by atoms with E-state index in [1.54, 1.807) is 13.6 Å². The van der Waals surface area contributed by atoms with Gasteiger partial charge in [0, 0.05) is 19.2 Å². The van der Waals surface area contributed by atoms with Gasteiger partial charge in [-0.15, -0.1) is 0 Å². The van der Waals surface area contributed by atoms with Crippen molar-refractivity contribution in [3.63, 3.8) is 0 Å². The number of thiol groups is 1. The maximum absolute atomic E-state index is 12.8. The Morgan fingerprint density at radius 2 is 2.03 bits per heavy atom. The summed E-state index contributed by atoms with van der Waals surface area (Å²) in [6.45, 7) is 7.54. The highest BCUT2D eigenvalue weighted by Crippen LogP contribution is 2.44. The monoisotopic (exact) mass is 453 g/mol. The average Bonchev–Trinajstić information content (AvgIpc) is 3.56. The number of hydrogen-bond donors (Lipinski definition) is 2. The Morgan fingerprint density at radius 1 is 1.31 bits per heavy atom. The molecule has 1 amide bonds. The molecule has 2 radical (unpaired) electrons. The summed E-state index contributed by atoms with van der Waals surface area (Å²) in [5.41, 5.74) is 4.30. The zero-order valence-corrected chi connectivity index (χ0v) is 19.2. The van der Waals surface area contributed by atoms with E-state index in [0.717, 1.165) is 29.5 Å². The van der Waals surface area contributed by atoms with Crippen LogP contribution in [0.1, 0.15) is 58.8 Å². The number of fused-ring (bicyclic) bond motifs is 1. The molecule has 1 aromatic carbocycles. The van der Waals surface area contributed by atoms with Crippen LogP contribution in [0.25, 0.3) is 22.4 Å². The maximum atomic E-state index is 12.8. The number of benzene rings is 1. The number of unbranched alkanes of at least 4 members (excludes halogenated alkanes) is 1. The Kier molecular flexibility index (Phi) is 6.62. The van der Waals surface area contributed by atoms with Gasteiger partial charge in [-0.3, -0.25) is 4.79 Å². The number of pyridine rings is 1. The van der Waals surface area contributed by atoms with Crippen molar-refractivity contribution in [1.29, 1.82) is 0 Å². The molecule has 0 saturated heterocycles. The highest BCUT2D eigenvalue weighted by molar-refractivity contribution is 7.69. The molecule has 32 heavy (non-hydrogen) atoms.